The van der Waals surface area contributed by atoms with Gasteiger partial charge in [-0.3, -0.25) is 4.79 Å². The SMILES string of the molecule is CCC(N)C(=O)N1CCN(S(N)(=O)=O)CC1. The average molecular weight is 250 g/mol. The maximum Gasteiger partial charge on any atom is 0.277 e. The van der Waals surface area contributed by atoms with Gasteiger partial charge in [0.2, 0.25) is 5.91 Å². The second-order valence-electron chi connectivity index (χ2n) is 3.78. The third kappa shape index (κ3) is 3.14. The molecule has 0 aromatic carbocycles. The van der Waals surface area contributed by atoms with Crippen molar-refractivity contribution in [2.24, 2.45) is 10.9 Å². The van der Waals surface area contributed by atoms with Crippen LogP contribution in [-0.2, 0) is 15.0 Å². The van der Waals surface area contributed by atoms with E-state index in [1.807, 2.05) is 6.92 Å². The molecule has 4 N–H and O–H groups in total. The lowest BCUT2D eigenvalue weighted by atomic mass is 10.2. The first kappa shape index (κ1) is 13.4. The summed E-state index contributed by atoms with van der Waals surface area (Å²) in [5.74, 6) is -0.128. The predicted molar refractivity (Wildman–Crippen MR) is 59.5 cm³/mol. The van der Waals surface area contributed by atoms with Crippen molar-refractivity contribution in [1.82, 2.24) is 9.21 Å². The first-order valence-corrected chi connectivity index (χ1v) is 6.68. The summed E-state index contributed by atoms with van der Waals surface area (Å²) in [7, 11) is -3.64. The van der Waals surface area contributed by atoms with E-state index in [2.05, 4.69) is 0 Å². The Labute approximate surface area is 95.5 Å². The van der Waals surface area contributed by atoms with Gasteiger partial charge in [0.05, 0.1) is 6.04 Å². The summed E-state index contributed by atoms with van der Waals surface area (Å²) in [6.07, 6.45) is 0.578. The lowest BCUT2D eigenvalue weighted by molar-refractivity contribution is -0.133. The Morgan fingerprint density at radius 1 is 1.31 bits per heavy atom. The molecule has 16 heavy (non-hydrogen) atoms. The van der Waals surface area contributed by atoms with Crippen molar-refractivity contribution in [2.45, 2.75) is 19.4 Å². The van der Waals surface area contributed by atoms with Crippen molar-refractivity contribution < 1.29 is 13.2 Å². The summed E-state index contributed by atoms with van der Waals surface area (Å²) in [4.78, 5) is 13.3. The van der Waals surface area contributed by atoms with Gasteiger partial charge in [0.25, 0.3) is 10.2 Å². The molecular formula is C8H18N4O3S. The van der Waals surface area contributed by atoms with Crippen LogP contribution in [0.1, 0.15) is 13.3 Å². The second kappa shape index (κ2) is 5.09. The van der Waals surface area contributed by atoms with E-state index < -0.39 is 16.3 Å². The monoisotopic (exact) mass is 250 g/mol. The largest absolute Gasteiger partial charge is 0.339 e. The van der Waals surface area contributed by atoms with Crippen molar-refractivity contribution in [3.05, 3.63) is 0 Å². The Bertz CT molecular complexity index is 348. The number of amides is 1. The van der Waals surface area contributed by atoms with Crippen LogP contribution in [0.2, 0.25) is 0 Å². The van der Waals surface area contributed by atoms with E-state index in [-0.39, 0.29) is 19.0 Å². The molecule has 94 valence electrons. The molecule has 1 heterocycles. The van der Waals surface area contributed by atoms with Gasteiger partial charge in [-0.15, -0.1) is 0 Å². The van der Waals surface area contributed by atoms with Crippen molar-refractivity contribution in [1.29, 1.82) is 0 Å². The van der Waals surface area contributed by atoms with Crippen LogP contribution in [-0.4, -0.2) is 55.8 Å². The lowest BCUT2D eigenvalue weighted by Gasteiger charge is -2.34. The van der Waals surface area contributed by atoms with Crippen LogP contribution < -0.4 is 10.9 Å². The first-order chi connectivity index (χ1) is 7.36. The topological polar surface area (TPSA) is 110 Å². The summed E-state index contributed by atoms with van der Waals surface area (Å²) in [6.45, 7) is 3.01. The van der Waals surface area contributed by atoms with E-state index in [4.69, 9.17) is 10.9 Å². The van der Waals surface area contributed by atoms with Crippen LogP contribution in [0.3, 0.4) is 0 Å². The zero-order valence-corrected chi connectivity index (χ0v) is 10.1. The predicted octanol–water partition coefficient (Wildman–Crippen LogP) is -1.93. The van der Waals surface area contributed by atoms with Crippen LogP contribution in [0.15, 0.2) is 0 Å². The second-order valence-corrected chi connectivity index (χ2v) is 5.33. The van der Waals surface area contributed by atoms with Crippen molar-refractivity contribution in [3.63, 3.8) is 0 Å². The molecule has 1 aliphatic rings. The molecule has 0 spiro atoms. The van der Waals surface area contributed by atoms with Crippen LogP contribution >= 0.6 is 0 Å². The highest BCUT2D eigenvalue weighted by Gasteiger charge is 2.28. The minimum Gasteiger partial charge on any atom is -0.339 e. The fraction of sp³-hybridized carbons (Fsp3) is 0.875. The van der Waals surface area contributed by atoms with Crippen molar-refractivity contribution in [3.8, 4) is 0 Å². The molecule has 0 radical (unpaired) electrons. The van der Waals surface area contributed by atoms with Crippen molar-refractivity contribution >= 4 is 16.1 Å². The van der Waals surface area contributed by atoms with Crippen LogP contribution in [0.5, 0.6) is 0 Å². The molecule has 1 amide bonds. The molecule has 7 nitrogen and oxygen atoms in total. The van der Waals surface area contributed by atoms with Gasteiger partial charge in [0.1, 0.15) is 0 Å². The number of rotatable bonds is 3. The molecule has 0 aromatic heterocycles. The zero-order chi connectivity index (χ0) is 12.3. The minimum absolute atomic E-state index is 0.128. The highest BCUT2D eigenvalue weighted by atomic mass is 32.2. The molecule has 1 unspecified atom stereocenters. The summed E-state index contributed by atoms with van der Waals surface area (Å²) in [5.41, 5.74) is 5.62. The number of nitrogens with zero attached hydrogens (tertiary/aromatic N) is 2. The fourth-order valence-electron chi connectivity index (χ4n) is 1.57. The molecular weight excluding hydrogens is 232 g/mol. The van der Waals surface area contributed by atoms with Crippen molar-refractivity contribution in [2.75, 3.05) is 26.2 Å². The standard InChI is InChI=1S/C8H18N4O3S/c1-2-7(9)8(13)11-3-5-12(6-4-11)16(10,14)15/h7H,2-6,9H2,1H3,(H2,10,14,15). The first-order valence-electron chi connectivity index (χ1n) is 5.18. The Morgan fingerprint density at radius 2 is 1.81 bits per heavy atom. The third-order valence-electron chi connectivity index (χ3n) is 2.67. The quantitative estimate of drug-likeness (QED) is 0.608. The van der Waals surface area contributed by atoms with E-state index in [1.54, 1.807) is 4.90 Å². The number of piperazine rings is 1. The molecule has 0 aromatic rings. The van der Waals surface area contributed by atoms with Gasteiger partial charge in [0, 0.05) is 26.2 Å². The highest BCUT2D eigenvalue weighted by molar-refractivity contribution is 7.86. The third-order valence-corrected chi connectivity index (χ3v) is 3.75. The van der Waals surface area contributed by atoms with E-state index in [1.165, 1.54) is 0 Å². The van der Waals surface area contributed by atoms with Gasteiger partial charge in [-0.2, -0.15) is 12.7 Å². The number of carbonyl (C=O) groups is 1. The Hall–Kier alpha value is -0.700. The molecule has 0 aliphatic carbocycles. The molecule has 1 fully saturated rings. The normalized spacial score (nSPS) is 20.8. The maximum atomic E-state index is 11.7. The van der Waals surface area contributed by atoms with E-state index in [9.17, 15) is 13.2 Å². The average Bonchev–Trinajstić information content (AvgIpc) is 2.26. The molecule has 1 atom stereocenters. The minimum atomic E-state index is -3.64. The molecule has 8 heteroatoms. The number of nitrogens with two attached hydrogens (primary N) is 2. The highest BCUT2D eigenvalue weighted by Crippen LogP contribution is 2.06. The zero-order valence-electron chi connectivity index (χ0n) is 9.30. The Morgan fingerprint density at radius 3 is 2.19 bits per heavy atom. The Balaban J connectivity index is 2.53. The molecule has 1 aliphatic heterocycles. The number of carbonyl (C=O) groups excluding carboxylic acids is 1. The maximum absolute atomic E-state index is 11.7. The van der Waals surface area contributed by atoms with Gasteiger partial charge in [-0.1, -0.05) is 6.92 Å². The summed E-state index contributed by atoms with van der Waals surface area (Å²) in [5, 5.41) is 4.99. The van der Waals surface area contributed by atoms with E-state index in [0.717, 1.165) is 4.31 Å². The van der Waals surface area contributed by atoms with E-state index in [0.29, 0.717) is 19.5 Å². The van der Waals surface area contributed by atoms with Gasteiger partial charge < -0.3 is 10.6 Å². The lowest BCUT2D eigenvalue weighted by Crippen LogP contribution is -2.55. The number of hydrogen-bond acceptors (Lipinski definition) is 4. The molecule has 0 saturated carbocycles. The molecule has 0 bridgehead atoms. The summed E-state index contributed by atoms with van der Waals surface area (Å²) >= 11 is 0. The smallest absolute Gasteiger partial charge is 0.277 e. The van der Waals surface area contributed by atoms with Crippen LogP contribution in [0.25, 0.3) is 0 Å². The van der Waals surface area contributed by atoms with Gasteiger partial charge >= 0.3 is 0 Å². The van der Waals surface area contributed by atoms with Crippen LogP contribution in [0.4, 0.5) is 0 Å². The fourth-order valence-corrected chi connectivity index (χ4v) is 2.24. The van der Waals surface area contributed by atoms with Gasteiger partial charge in [-0.05, 0) is 6.42 Å². The molecule has 1 rings (SSSR count). The number of hydrogen-bond donors (Lipinski definition) is 2. The summed E-state index contributed by atoms with van der Waals surface area (Å²) in [6, 6.07) is -0.499. The van der Waals surface area contributed by atoms with Gasteiger partial charge in [0.15, 0.2) is 0 Å². The van der Waals surface area contributed by atoms with E-state index >= 15 is 0 Å². The van der Waals surface area contributed by atoms with Crippen LogP contribution in [0, 0.1) is 0 Å². The summed E-state index contributed by atoms with van der Waals surface area (Å²) < 4.78 is 23.2. The van der Waals surface area contributed by atoms with Gasteiger partial charge in [-0.25, -0.2) is 5.14 Å². The Kier molecular flexibility index (Phi) is 4.25. The molecule has 1 saturated heterocycles.